The molecule has 6 nitrogen and oxygen atoms in total. The molecule has 2 heterocycles. The predicted molar refractivity (Wildman–Crippen MR) is 457 cm³/mol. The van der Waals surface area contributed by atoms with Crippen molar-refractivity contribution in [1.29, 1.82) is 0 Å². The molecule has 0 N–H and O–H groups in total. The minimum atomic E-state index is -0.437. The van der Waals surface area contributed by atoms with Crippen LogP contribution < -0.4 is 0 Å². The van der Waals surface area contributed by atoms with Crippen LogP contribution in [0.4, 0.5) is 0 Å². The van der Waals surface area contributed by atoms with Crippen LogP contribution in [0.2, 0.25) is 0 Å². The number of fused-ring (bicyclic) bond motifs is 13. The first kappa shape index (κ1) is 66.9. The second kappa shape index (κ2) is 28.0. The fourth-order valence-corrected chi connectivity index (χ4v) is 17.6. The summed E-state index contributed by atoms with van der Waals surface area (Å²) in [6.45, 7) is 4.32. The summed E-state index contributed by atoms with van der Waals surface area (Å²) in [6, 6.07) is 143. The molecule has 0 bridgehead atoms. The Hall–Kier alpha value is -14.5. The van der Waals surface area contributed by atoms with E-state index in [4.69, 9.17) is 29.9 Å². The Labute approximate surface area is 652 Å². The van der Waals surface area contributed by atoms with E-state index in [0.717, 1.165) is 55.6 Å². The van der Waals surface area contributed by atoms with Crippen molar-refractivity contribution in [2.24, 2.45) is 0 Å². The van der Waals surface area contributed by atoms with Gasteiger partial charge in [0.2, 0.25) is 0 Å². The van der Waals surface area contributed by atoms with Crippen molar-refractivity contribution in [1.82, 2.24) is 29.9 Å². The molecule has 16 aromatic carbocycles. The van der Waals surface area contributed by atoms with Crippen LogP contribution in [0, 0.1) is 13.8 Å². The van der Waals surface area contributed by atoms with Crippen LogP contribution >= 0.6 is 0 Å². The second-order valence-corrected chi connectivity index (χ2v) is 29.3. The standard InChI is InChI=1S/C54H39N3.C52H33N3/c1-36-20-32-44(33-21-36)54(45-34-22-37(2)23-35-45)48-18-10-9-16-47(48)50-46(17-11-19-49(50)54)40-28-24-38(25-29-40)39-26-30-43(31-27-39)53-56-51(41-12-5-3-6-13-41)55-52(57-53)42-14-7-4-8-15-42;1-3-15-35(16-4-1)49-53-50(36-17-5-2-6-18-36)55-51(54-49)37-31-29-34(30-32-37)38-19-13-20-39(33-38)40-24-14-28-47-48(40)43-23-9-12-27-46(43)52(47)44-25-10-7-21-41(44)42-22-8-11-26-45(42)52/h3-35H,1-2H3;1-33H. The smallest absolute Gasteiger partial charge is 0.164 e. The van der Waals surface area contributed by atoms with E-state index in [9.17, 15) is 0 Å². The van der Waals surface area contributed by atoms with Crippen molar-refractivity contribution in [3.63, 3.8) is 0 Å². The van der Waals surface area contributed by atoms with E-state index in [0.29, 0.717) is 34.9 Å². The van der Waals surface area contributed by atoms with Gasteiger partial charge >= 0.3 is 0 Å². The van der Waals surface area contributed by atoms with Crippen LogP contribution in [0.5, 0.6) is 0 Å². The molecule has 3 aliphatic carbocycles. The van der Waals surface area contributed by atoms with Crippen molar-refractivity contribution < 1.29 is 0 Å². The molecule has 21 rings (SSSR count). The van der Waals surface area contributed by atoms with Crippen molar-refractivity contribution in [3.05, 3.63) is 456 Å². The fraction of sp³-hybridized carbons (Fsp3) is 0.0377. The summed E-state index contributed by atoms with van der Waals surface area (Å²) < 4.78 is 0. The fourth-order valence-electron chi connectivity index (χ4n) is 17.6. The molecule has 0 amide bonds. The lowest BCUT2D eigenvalue weighted by molar-refractivity contribution is 0.767. The third-order valence-electron chi connectivity index (χ3n) is 22.8. The Morgan fingerprint density at radius 2 is 0.402 bits per heavy atom. The van der Waals surface area contributed by atoms with Gasteiger partial charge in [0.1, 0.15) is 0 Å². The molecule has 0 fully saturated rings. The first-order chi connectivity index (χ1) is 55.3. The highest BCUT2D eigenvalue weighted by Gasteiger charge is 2.52. The molecule has 6 heteroatoms. The normalized spacial score (nSPS) is 12.7. The Kier molecular flexibility index (Phi) is 16.7. The summed E-state index contributed by atoms with van der Waals surface area (Å²) in [6.07, 6.45) is 0. The number of nitrogens with zero attached hydrogens (tertiary/aromatic N) is 6. The van der Waals surface area contributed by atoms with Gasteiger partial charge in [-0.15, -0.1) is 0 Å². The van der Waals surface area contributed by atoms with Crippen LogP contribution in [0.1, 0.15) is 55.6 Å². The van der Waals surface area contributed by atoms with Gasteiger partial charge in [0.15, 0.2) is 34.9 Å². The summed E-state index contributed by atoms with van der Waals surface area (Å²) in [7, 11) is 0. The minimum absolute atomic E-state index is 0.363. The lowest BCUT2D eigenvalue weighted by atomic mass is 9.67. The first-order valence-electron chi connectivity index (χ1n) is 38.3. The van der Waals surface area contributed by atoms with Crippen LogP contribution in [0.15, 0.2) is 400 Å². The van der Waals surface area contributed by atoms with E-state index < -0.39 is 5.41 Å². The first-order valence-corrected chi connectivity index (χ1v) is 38.3. The quantitative estimate of drug-likeness (QED) is 0.121. The lowest BCUT2D eigenvalue weighted by Crippen LogP contribution is -2.28. The zero-order valence-corrected chi connectivity index (χ0v) is 61.8. The zero-order chi connectivity index (χ0) is 74.7. The van der Waals surface area contributed by atoms with Gasteiger partial charge < -0.3 is 0 Å². The largest absolute Gasteiger partial charge is 0.208 e. The SMILES string of the molecule is Cc1ccc(C2(c3ccc(C)cc3)c3ccccc3-c3c(-c4ccc(-c5ccc(-c6nc(-c7ccccc7)nc(-c7ccccc7)n6)cc5)cc4)cccc32)cc1.c1ccc(-c2nc(-c3ccccc3)nc(-c3ccc(-c4cccc(-c5cccc6c5-c5ccccc5C65c6ccccc6-c6ccccc65)c4)cc3)n2)cc1. The van der Waals surface area contributed by atoms with E-state index in [1.165, 1.54) is 111 Å². The molecule has 0 unspecified atom stereocenters. The maximum absolute atomic E-state index is 4.94. The summed E-state index contributed by atoms with van der Waals surface area (Å²) in [4.78, 5) is 29.5. The summed E-state index contributed by atoms with van der Waals surface area (Å²) in [5.41, 5.74) is 35.3. The van der Waals surface area contributed by atoms with Gasteiger partial charge in [-0.1, -0.05) is 405 Å². The van der Waals surface area contributed by atoms with Gasteiger partial charge in [0, 0.05) is 33.4 Å². The zero-order valence-electron chi connectivity index (χ0n) is 61.8. The molecule has 1 spiro atoms. The number of hydrogen-bond donors (Lipinski definition) is 0. The Morgan fingerprint density at radius 3 is 0.786 bits per heavy atom. The topological polar surface area (TPSA) is 77.3 Å². The monoisotopic (exact) mass is 1430 g/mol. The van der Waals surface area contributed by atoms with E-state index in [1.54, 1.807) is 0 Å². The van der Waals surface area contributed by atoms with Crippen molar-refractivity contribution >= 4 is 0 Å². The average Bonchev–Trinajstić information content (AvgIpc) is 1.50. The highest BCUT2D eigenvalue weighted by atomic mass is 15.0. The summed E-state index contributed by atoms with van der Waals surface area (Å²) >= 11 is 0. The van der Waals surface area contributed by atoms with Gasteiger partial charge in [0.05, 0.1) is 10.8 Å². The lowest BCUT2D eigenvalue weighted by Gasteiger charge is -2.34. The van der Waals surface area contributed by atoms with Crippen LogP contribution in [-0.2, 0) is 10.8 Å². The Balaban J connectivity index is 0.000000146. The van der Waals surface area contributed by atoms with Gasteiger partial charge in [-0.25, -0.2) is 29.9 Å². The number of hydrogen-bond acceptors (Lipinski definition) is 6. The average molecular weight is 1430 g/mol. The molecule has 0 radical (unpaired) electrons. The summed E-state index contributed by atoms with van der Waals surface area (Å²) in [5, 5.41) is 0. The molecule has 0 aliphatic heterocycles. The molecule has 0 atom stereocenters. The molecule has 3 aliphatic rings. The number of aryl methyl sites for hydroxylation is 2. The third kappa shape index (κ3) is 11.4. The molecule has 0 saturated carbocycles. The van der Waals surface area contributed by atoms with Gasteiger partial charge in [0.25, 0.3) is 0 Å². The van der Waals surface area contributed by atoms with Crippen LogP contribution in [-0.4, -0.2) is 29.9 Å². The highest BCUT2D eigenvalue weighted by Crippen LogP contribution is 2.64. The number of aromatic nitrogens is 6. The van der Waals surface area contributed by atoms with Crippen LogP contribution in [0.25, 0.3) is 146 Å². The van der Waals surface area contributed by atoms with Gasteiger partial charge in [-0.05, 0) is 142 Å². The Morgan fingerprint density at radius 1 is 0.161 bits per heavy atom. The van der Waals surface area contributed by atoms with E-state index in [-0.39, 0.29) is 5.41 Å². The van der Waals surface area contributed by atoms with Crippen molar-refractivity contribution in [2.75, 3.05) is 0 Å². The molecule has 18 aromatic rings. The second-order valence-electron chi connectivity index (χ2n) is 29.3. The van der Waals surface area contributed by atoms with E-state index >= 15 is 0 Å². The van der Waals surface area contributed by atoms with Gasteiger partial charge in [-0.2, -0.15) is 0 Å². The number of benzene rings is 16. The third-order valence-corrected chi connectivity index (χ3v) is 22.8. The minimum Gasteiger partial charge on any atom is -0.208 e. The molecule has 526 valence electrons. The van der Waals surface area contributed by atoms with Crippen molar-refractivity contribution in [2.45, 2.75) is 24.7 Å². The van der Waals surface area contributed by atoms with Crippen LogP contribution in [0.3, 0.4) is 0 Å². The van der Waals surface area contributed by atoms with Crippen molar-refractivity contribution in [3.8, 4) is 146 Å². The molecule has 2 aromatic heterocycles. The molecular formula is C106H72N6. The molecule has 0 saturated heterocycles. The molecular weight excluding hydrogens is 1360 g/mol. The number of rotatable bonds is 12. The predicted octanol–water partition coefficient (Wildman–Crippen LogP) is 25.7. The Bertz CT molecular complexity index is 6380. The van der Waals surface area contributed by atoms with Gasteiger partial charge in [-0.3, -0.25) is 0 Å². The van der Waals surface area contributed by atoms with E-state index in [1.807, 2.05) is 121 Å². The maximum atomic E-state index is 4.94. The highest BCUT2D eigenvalue weighted by molar-refractivity contribution is 6.01. The maximum Gasteiger partial charge on any atom is 0.164 e. The van der Waals surface area contributed by atoms with E-state index in [2.05, 4.69) is 293 Å². The summed E-state index contributed by atoms with van der Waals surface area (Å²) in [5.74, 6) is 3.92. The molecule has 112 heavy (non-hydrogen) atoms.